The van der Waals surface area contributed by atoms with Crippen molar-refractivity contribution in [3.05, 3.63) is 48.5 Å². The summed E-state index contributed by atoms with van der Waals surface area (Å²) in [5, 5.41) is 3.48. The van der Waals surface area contributed by atoms with Gasteiger partial charge in [-0.25, -0.2) is 21.1 Å². The van der Waals surface area contributed by atoms with Gasteiger partial charge in [0.25, 0.3) is 0 Å². The smallest absolute Gasteiger partial charge is 0.242 e. The van der Waals surface area contributed by atoms with Crippen LogP contribution >= 0.6 is 0 Å². The molecule has 180 valence electrons. The number of hydrogen-bond donors (Lipinski definition) is 2. The first-order valence-corrected chi connectivity index (χ1v) is 13.1. The molecule has 0 bridgehead atoms. The summed E-state index contributed by atoms with van der Waals surface area (Å²) in [6, 6.07) is 11.9. The Morgan fingerprint density at radius 3 is 2.12 bits per heavy atom. The standard InChI is InChI=1S/C21H27N3O7S2/c1-5-19(21(26)22-15-10-12-16(13-11-15)33(29,30)24(2)3)32(27,28)14-20(25)23-17-8-6-7-9-18(17)31-4/h6-13,19H,5,14H2,1-4H3,(H,22,26)(H,23,25). The van der Waals surface area contributed by atoms with Crippen molar-refractivity contribution in [1.29, 1.82) is 0 Å². The van der Waals surface area contributed by atoms with E-state index in [9.17, 15) is 26.4 Å². The first-order chi connectivity index (χ1) is 15.4. The van der Waals surface area contributed by atoms with E-state index in [-0.39, 0.29) is 17.0 Å². The van der Waals surface area contributed by atoms with E-state index in [2.05, 4.69) is 10.6 Å². The van der Waals surface area contributed by atoms with Gasteiger partial charge >= 0.3 is 0 Å². The second-order valence-corrected chi connectivity index (χ2v) is 11.6. The molecule has 0 fully saturated rings. The van der Waals surface area contributed by atoms with Crippen LogP contribution in [0.3, 0.4) is 0 Å². The number of carbonyl (C=O) groups excluding carboxylic acids is 2. The van der Waals surface area contributed by atoms with Crippen LogP contribution in [0.5, 0.6) is 5.75 Å². The zero-order valence-electron chi connectivity index (χ0n) is 18.7. The summed E-state index contributed by atoms with van der Waals surface area (Å²) in [6.07, 6.45) is -0.0524. The van der Waals surface area contributed by atoms with Gasteiger partial charge in [0, 0.05) is 19.8 Å². The third kappa shape index (κ3) is 6.53. The molecule has 2 rings (SSSR count). The van der Waals surface area contributed by atoms with Gasteiger partial charge in [-0.1, -0.05) is 19.1 Å². The van der Waals surface area contributed by atoms with E-state index in [0.29, 0.717) is 11.4 Å². The number of carbonyl (C=O) groups is 2. The molecule has 12 heteroatoms. The fourth-order valence-electron chi connectivity index (χ4n) is 2.96. The third-order valence-corrected chi connectivity index (χ3v) is 8.62. The van der Waals surface area contributed by atoms with Crippen LogP contribution in [-0.2, 0) is 29.4 Å². The lowest BCUT2D eigenvalue weighted by molar-refractivity contribution is -0.115. The Morgan fingerprint density at radius 2 is 1.58 bits per heavy atom. The number of ether oxygens (including phenoxy) is 1. The highest BCUT2D eigenvalue weighted by molar-refractivity contribution is 7.93. The molecule has 1 unspecified atom stereocenters. The average molecular weight is 498 g/mol. The maximum atomic E-state index is 12.8. The number of para-hydroxylation sites is 2. The van der Waals surface area contributed by atoms with Gasteiger partial charge in [0.2, 0.25) is 21.8 Å². The van der Waals surface area contributed by atoms with E-state index in [4.69, 9.17) is 4.74 Å². The fraction of sp³-hybridized carbons (Fsp3) is 0.333. The number of methoxy groups -OCH3 is 1. The van der Waals surface area contributed by atoms with E-state index in [1.807, 2.05) is 0 Å². The third-order valence-electron chi connectivity index (χ3n) is 4.71. The molecule has 0 saturated heterocycles. The zero-order valence-corrected chi connectivity index (χ0v) is 20.4. The SMILES string of the molecule is CCC(C(=O)Nc1ccc(S(=O)(=O)N(C)C)cc1)S(=O)(=O)CC(=O)Nc1ccccc1OC. The minimum Gasteiger partial charge on any atom is -0.495 e. The number of sulfonamides is 1. The number of anilines is 2. The molecule has 0 aliphatic carbocycles. The molecule has 0 heterocycles. The molecule has 1 atom stereocenters. The maximum absolute atomic E-state index is 12.8. The molecule has 10 nitrogen and oxygen atoms in total. The predicted octanol–water partition coefficient (Wildman–Crippen LogP) is 1.72. The molecular weight excluding hydrogens is 470 g/mol. The van der Waals surface area contributed by atoms with Crippen LogP contribution in [0, 0.1) is 0 Å². The lowest BCUT2D eigenvalue weighted by Gasteiger charge is -2.17. The highest BCUT2D eigenvalue weighted by atomic mass is 32.2. The van der Waals surface area contributed by atoms with Crippen molar-refractivity contribution in [1.82, 2.24) is 4.31 Å². The number of benzene rings is 2. The van der Waals surface area contributed by atoms with Crippen LogP contribution < -0.4 is 15.4 Å². The van der Waals surface area contributed by atoms with E-state index in [1.54, 1.807) is 24.3 Å². The highest BCUT2D eigenvalue weighted by Crippen LogP contribution is 2.23. The lowest BCUT2D eigenvalue weighted by atomic mass is 10.3. The first kappa shape index (κ1) is 26.3. The van der Waals surface area contributed by atoms with Crippen LogP contribution in [0.25, 0.3) is 0 Å². The average Bonchev–Trinajstić information content (AvgIpc) is 2.74. The minimum absolute atomic E-state index is 0.0261. The quantitative estimate of drug-likeness (QED) is 0.509. The number of rotatable bonds is 10. The summed E-state index contributed by atoms with van der Waals surface area (Å²) in [5.41, 5.74) is 0.537. The van der Waals surface area contributed by atoms with Crippen molar-refractivity contribution < 1.29 is 31.2 Å². The molecule has 0 aromatic heterocycles. The summed E-state index contributed by atoms with van der Waals surface area (Å²) < 4.78 is 56.0. The van der Waals surface area contributed by atoms with E-state index < -0.39 is 42.7 Å². The van der Waals surface area contributed by atoms with Crippen molar-refractivity contribution in [2.45, 2.75) is 23.5 Å². The Labute approximate surface area is 193 Å². The molecule has 2 N–H and O–H groups in total. The summed E-state index contributed by atoms with van der Waals surface area (Å²) in [4.78, 5) is 25.0. The van der Waals surface area contributed by atoms with Crippen LogP contribution in [-0.4, -0.2) is 65.2 Å². The summed E-state index contributed by atoms with van der Waals surface area (Å²) in [5.74, 6) is -2.14. The molecule has 0 saturated carbocycles. The van der Waals surface area contributed by atoms with Crippen LogP contribution in [0.4, 0.5) is 11.4 Å². The monoisotopic (exact) mass is 497 g/mol. The number of amides is 2. The van der Waals surface area contributed by atoms with Crippen LogP contribution in [0.15, 0.2) is 53.4 Å². The van der Waals surface area contributed by atoms with E-state index >= 15 is 0 Å². The highest BCUT2D eigenvalue weighted by Gasteiger charge is 2.33. The van der Waals surface area contributed by atoms with Gasteiger partial charge in [0.15, 0.2) is 9.84 Å². The molecule has 33 heavy (non-hydrogen) atoms. The molecule has 0 aliphatic rings. The Bertz CT molecular complexity index is 1210. The molecule has 0 spiro atoms. The Balaban J connectivity index is 2.11. The first-order valence-electron chi connectivity index (χ1n) is 9.90. The number of nitrogens with zero attached hydrogens (tertiary/aromatic N) is 1. The lowest BCUT2D eigenvalue weighted by Crippen LogP contribution is -2.39. The molecule has 0 aliphatic heterocycles. The molecular formula is C21H27N3O7S2. The van der Waals surface area contributed by atoms with Crippen LogP contribution in [0.1, 0.15) is 13.3 Å². The summed E-state index contributed by atoms with van der Waals surface area (Å²) in [6.45, 7) is 1.52. The van der Waals surface area contributed by atoms with Crippen molar-refractivity contribution in [2.24, 2.45) is 0 Å². The molecule has 0 radical (unpaired) electrons. The van der Waals surface area contributed by atoms with E-state index in [1.165, 1.54) is 52.4 Å². The summed E-state index contributed by atoms with van der Waals surface area (Å²) >= 11 is 0. The van der Waals surface area contributed by atoms with Crippen molar-refractivity contribution in [3.8, 4) is 5.75 Å². The largest absolute Gasteiger partial charge is 0.495 e. The van der Waals surface area contributed by atoms with Gasteiger partial charge in [-0.05, 0) is 42.8 Å². The normalized spacial score (nSPS) is 12.8. The van der Waals surface area contributed by atoms with E-state index in [0.717, 1.165) is 4.31 Å². The minimum atomic E-state index is -4.14. The number of nitrogens with one attached hydrogen (secondary N) is 2. The van der Waals surface area contributed by atoms with Gasteiger partial charge in [-0.2, -0.15) is 0 Å². The number of sulfone groups is 1. The molecule has 2 aromatic carbocycles. The van der Waals surface area contributed by atoms with Gasteiger partial charge < -0.3 is 15.4 Å². The van der Waals surface area contributed by atoms with Gasteiger partial charge in [0.1, 0.15) is 16.8 Å². The topological polar surface area (TPSA) is 139 Å². The Morgan fingerprint density at radius 1 is 0.970 bits per heavy atom. The second-order valence-electron chi connectivity index (χ2n) is 7.25. The van der Waals surface area contributed by atoms with Gasteiger partial charge in [-0.3, -0.25) is 9.59 Å². The molecule has 2 amide bonds. The Kier molecular flexibility index (Phi) is 8.58. The second kappa shape index (κ2) is 10.8. The number of hydrogen-bond acceptors (Lipinski definition) is 7. The summed E-state index contributed by atoms with van der Waals surface area (Å²) in [7, 11) is -3.57. The van der Waals surface area contributed by atoms with Crippen molar-refractivity contribution in [3.63, 3.8) is 0 Å². The predicted molar refractivity (Wildman–Crippen MR) is 125 cm³/mol. The van der Waals surface area contributed by atoms with Gasteiger partial charge in [0.05, 0.1) is 17.7 Å². The zero-order chi connectivity index (χ0) is 24.8. The van der Waals surface area contributed by atoms with Crippen molar-refractivity contribution in [2.75, 3.05) is 37.6 Å². The van der Waals surface area contributed by atoms with Crippen molar-refractivity contribution >= 4 is 43.0 Å². The van der Waals surface area contributed by atoms with Gasteiger partial charge in [-0.15, -0.1) is 0 Å². The fourth-order valence-corrected chi connectivity index (χ4v) is 5.40. The molecule has 2 aromatic rings. The maximum Gasteiger partial charge on any atom is 0.242 e. The Hall–Kier alpha value is -2.96. The van der Waals surface area contributed by atoms with Crippen LogP contribution in [0.2, 0.25) is 0 Å².